The summed E-state index contributed by atoms with van der Waals surface area (Å²) in [5.74, 6) is 1.55. The zero-order chi connectivity index (χ0) is 21.7. The summed E-state index contributed by atoms with van der Waals surface area (Å²) in [6.45, 7) is 2.91. The molecule has 2 aliphatic rings. The molecule has 32 heavy (non-hydrogen) atoms. The van der Waals surface area contributed by atoms with E-state index < -0.39 is 9.84 Å². The van der Waals surface area contributed by atoms with Crippen LogP contribution in [-0.2, 0) is 9.84 Å². The van der Waals surface area contributed by atoms with Crippen LogP contribution in [0.15, 0.2) is 64.5 Å². The summed E-state index contributed by atoms with van der Waals surface area (Å²) >= 11 is 0. The van der Waals surface area contributed by atoms with E-state index >= 15 is 0 Å². The van der Waals surface area contributed by atoms with Gasteiger partial charge in [-0.3, -0.25) is 4.99 Å². The number of hydrogen-bond acceptors (Lipinski definition) is 4. The molecule has 0 radical (unpaired) electrons. The van der Waals surface area contributed by atoms with Crippen LogP contribution in [0, 0.1) is 0 Å². The lowest BCUT2D eigenvalue weighted by Gasteiger charge is -2.40. The van der Waals surface area contributed by atoms with Crippen LogP contribution in [0.3, 0.4) is 0 Å². The van der Waals surface area contributed by atoms with Crippen molar-refractivity contribution < 1.29 is 13.2 Å². The third kappa shape index (κ3) is 5.75. The average molecular weight is 570 g/mol. The lowest BCUT2D eigenvalue weighted by Crippen LogP contribution is -2.46. The third-order valence-electron chi connectivity index (χ3n) is 6.10. The molecule has 0 aromatic heterocycles. The lowest BCUT2D eigenvalue weighted by molar-refractivity contribution is 0.0396. The maximum absolute atomic E-state index is 12.6. The molecule has 1 atom stereocenters. The maximum atomic E-state index is 12.6. The van der Waals surface area contributed by atoms with Crippen molar-refractivity contribution in [3.8, 4) is 5.75 Å². The van der Waals surface area contributed by atoms with E-state index in [9.17, 15) is 8.42 Å². The Bertz CT molecular complexity index is 1020. The monoisotopic (exact) mass is 569 g/mol. The van der Waals surface area contributed by atoms with Gasteiger partial charge in [0, 0.05) is 18.5 Å². The first-order valence-electron chi connectivity index (χ1n) is 11.1. The molecule has 1 saturated carbocycles. The van der Waals surface area contributed by atoms with E-state index in [4.69, 9.17) is 4.74 Å². The van der Waals surface area contributed by atoms with E-state index in [1.54, 1.807) is 24.3 Å². The highest BCUT2D eigenvalue weighted by molar-refractivity contribution is 14.0. The molecule has 1 fully saturated rings. The second kappa shape index (κ2) is 10.9. The fraction of sp³-hybridized carbons (Fsp3) is 0.458. The van der Waals surface area contributed by atoms with Crippen molar-refractivity contribution in [1.29, 1.82) is 0 Å². The Balaban J connectivity index is 0.00000289. The Labute approximate surface area is 208 Å². The Morgan fingerprint density at radius 1 is 1.09 bits per heavy atom. The molecule has 1 unspecified atom stereocenters. The fourth-order valence-corrected chi connectivity index (χ4v) is 5.72. The van der Waals surface area contributed by atoms with Gasteiger partial charge in [0.25, 0.3) is 0 Å². The largest absolute Gasteiger partial charge is 0.487 e. The standard InChI is InChI=1S/C24H31N3O3S.HI/c1-2-25-23(26-16-17-31(28,29)19-10-4-3-5-11-19)27-21-18-24(14-8-9-15-24)30-22-13-7-6-12-20(21)22;/h3-7,10-13,21H,2,8-9,14-18H2,1H3,(H2,25,26,27);1H. The number of benzene rings is 2. The van der Waals surface area contributed by atoms with E-state index in [2.05, 4.69) is 21.7 Å². The number of hydrogen-bond donors (Lipinski definition) is 2. The summed E-state index contributed by atoms with van der Waals surface area (Å²) in [7, 11) is -3.35. The van der Waals surface area contributed by atoms with Crippen molar-refractivity contribution in [3.05, 3.63) is 60.2 Å². The molecular formula is C24H32IN3O3S. The van der Waals surface area contributed by atoms with E-state index in [0.717, 1.165) is 30.6 Å². The van der Waals surface area contributed by atoms with Crippen LogP contribution in [0.4, 0.5) is 0 Å². The fourth-order valence-electron chi connectivity index (χ4n) is 4.58. The zero-order valence-corrected chi connectivity index (χ0v) is 21.6. The highest BCUT2D eigenvalue weighted by Crippen LogP contribution is 2.46. The van der Waals surface area contributed by atoms with Crippen molar-refractivity contribution in [2.24, 2.45) is 4.99 Å². The minimum Gasteiger partial charge on any atom is -0.487 e. The van der Waals surface area contributed by atoms with Crippen LogP contribution >= 0.6 is 24.0 Å². The minimum atomic E-state index is -3.35. The molecule has 0 amide bonds. The van der Waals surface area contributed by atoms with Gasteiger partial charge in [0.15, 0.2) is 15.8 Å². The Hall–Kier alpha value is -1.81. The summed E-state index contributed by atoms with van der Waals surface area (Å²) < 4.78 is 31.6. The highest BCUT2D eigenvalue weighted by atomic mass is 127. The topological polar surface area (TPSA) is 79.8 Å². The van der Waals surface area contributed by atoms with Gasteiger partial charge in [-0.25, -0.2) is 8.42 Å². The van der Waals surface area contributed by atoms with Crippen LogP contribution in [0.2, 0.25) is 0 Å². The molecule has 4 rings (SSSR count). The number of halogens is 1. The highest BCUT2D eigenvalue weighted by Gasteiger charge is 2.43. The number of rotatable bonds is 6. The Kier molecular flexibility index (Phi) is 8.43. The molecule has 2 aromatic rings. The summed E-state index contributed by atoms with van der Waals surface area (Å²) in [5, 5.41) is 6.82. The number of guanidine groups is 1. The van der Waals surface area contributed by atoms with Crippen molar-refractivity contribution in [1.82, 2.24) is 10.6 Å². The van der Waals surface area contributed by atoms with Crippen LogP contribution in [0.5, 0.6) is 5.75 Å². The summed E-state index contributed by atoms with van der Waals surface area (Å²) in [6, 6.07) is 16.8. The molecule has 174 valence electrons. The van der Waals surface area contributed by atoms with Gasteiger partial charge >= 0.3 is 0 Å². The summed E-state index contributed by atoms with van der Waals surface area (Å²) in [4.78, 5) is 4.92. The molecule has 2 N–H and O–H groups in total. The van der Waals surface area contributed by atoms with Crippen molar-refractivity contribution in [2.75, 3.05) is 18.8 Å². The number of nitrogens with zero attached hydrogens (tertiary/aromatic N) is 1. The Morgan fingerprint density at radius 3 is 2.50 bits per heavy atom. The molecule has 0 bridgehead atoms. The van der Waals surface area contributed by atoms with Crippen LogP contribution < -0.4 is 15.4 Å². The first-order valence-corrected chi connectivity index (χ1v) is 12.8. The minimum absolute atomic E-state index is 0. The second-order valence-corrected chi connectivity index (χ2v) is 10.4. The van der Waals surface area contributed by atoms with E-state index in [1.165, 1.54) is 12.8 Å². The zero-order valence-electron chi connectivity index (χ0n) is 18.4. The quantitative estimate of drug-likeness (QED) is 0.305. The summed E-state index contributed by atoms with van der Waals surface area (Å²) in [6.07, 6.45) is 5.42. The molecule has 0 saturated heterocycles. The van der Waals surface area contributed by atoms with Gasteiger partial charge < -0.3 is 15.4 Å². The normalized spacial score (nSPS) is 19.5. The molecular weight excluding hydrogens is 537 g/mol. The number of para-hydroxylation sites is 1. The molecule has 6 nitrogen and oxygen atoms in total. The van der Waals surface area contributed by atoms with Crippen molar-refractivity contribution in [2.45, 2.75) is 55.6 Å². The molecule has 8 heteroatoms. The smallest absolute Gasteiger partial charge is 0.191 e. The van der Waals surface area contributed by atoms with Gasteiger partial charge in [-0.05, 0) is 50.8 Å². The molecule has 1 aliphatic carbocycles. The molecule has 1 spiro atoms. The summed E-state index contributed by atoms with van der Waals surface area (Å²) in [5.41, 5.74) is 1.02. The third-order valence-corrected chi connectivity index (χ3v) is 7.81. The van der Waals surface area contributed by atoms with E-state index in [0.29, 0.717) is 17.4 Å². The lowest BCUT2D eigenvalue weighted by atomic mass is 9.86. The maximum Gasteiger partial charge on any atom is 0.191 e. The SMILES string of the molecule is CCNC(=NCCS(=O)(=O)c1ccccc1)NC1CC2(CCCC2)Oc2ccccc21.I. The van der Waals surface area contributed by atoms with Gasteiger partial charge in [-0.15, -0.1) is 24.0 Å². The predicted molar refractivity (Wildman–Crippen MR) is 139 cm³/mol. The predicted octanol–water partition coefficient (Wildman–Crippen LogP) is 4.47. The number of sulfone groups is 1. The van der Waals surface area contributed by atoms with Crippen LogP contribution in [0.25, 0.3) is 0 Å². The first-order chi connectivity index (χ1) is 15.0. The van der Waals surface area contributed by atoms with Crippen LogP contribution in [0.1, 0.15) is 50.6 Å². The molecule has 2 aromatic carbocycles. The van der Waals surface area contributed by atoms with E-state index in [-0.39, 0.29) is 47.9 Å². The van der Waals surface area contributed by atoms with Gasteiger partial charge in [0.2, 0.25) is 0 Å². The first kappa shape index (κ1) is 24.8. The van der Waals surface area contributed by atoms with Gasteiger partial charge in [-0.2, -0.15) is 0 Å². The number of ether oxygens (including phenoxy) is 1. The van der Waals surface area contributed by atoms with Gasteiger partial charge in [0.05, 0.1) is 23.2 Å². The molecule has 1 aliphatic heterocycles. The number of aliphatic imine (C=N–C) groups is 1. The number of fused-ring (bicyclic) bond motifs is 1. The van der Waals surface area contributed by atoms with Crippen molar-refractivity contribution >= 4 is 39.8 Å². The second-order valence-electron chi connectivity index (χ2n) is 8.32. The number of nitrogens with one attached hydrogen (secondary N) is 2. The van der Waals surface area contributed by atoms with E-state index in [1.807, 2.05) is 31.2 Å². The van der Waals surface area contributed by atoms with Crippen LogP contribution in [-0.4, -0.2) is 38.8 Å². The van der Waals surface area contributed by atoms with Crippen molar-refractivity contribution in [3.63, 3.8) is 0 Å². The Morgan fingerprint density at radius 2 is 1.78 bits per heavy atom. The van der Waals surface area contributed by atoms with Gasteiger partial charge in [-0.1, -0.05) is 36.4 Å². The molecule has 1 heterocycles. The van der Waals surface area contributed by atoms with Gasteiger partial charge in [0.1, 0.15) is 11.4 Å². The average Bonchev–Trinajstić information content (AvgIpc) is 3.21.